The first-order valence-corrected chi connectivity index (χ1v) is 8.38. The summed E-state index contributed by atoms with van der Waals surface area (Å²) in [6.07, 6.45) is 0. The number of nitrogens with one attached hydrogen (secondary N) is 2. The lowest BCUT2D eigenvalue weighted by atomic mass is 10.3. The van der Waals surface area contributed by atoms with Crippen LogP contribution in [0.4, 0.5) is 17.6 Å². The zero-order valence-electron chi connectivity index (χ0n) is 11.7. The fourth-order valence-electron chi connectivity index (χ4n) is 2.05. The third kappa shape index (κ3) is 2.99. The van der Waals surface area contributed by atoms with Crippen molar-refractivity contribution < 1.29 is 8.42 Å². The lowest BCUT2D eigenvalue weighted by Gasteiger charge is -2.12. The van der Waals surface area contributed by atoms with Crippen LogP contribution >= 0.6 is 11.6 Å². The van der Waals surface area contributed by atoms with Crippen molar-refractivity contribution >= 4 is 39.0 Å². The molecule has 3 rings (SSSR count). The summed E-state index contributed by atoms with van der Waals surface area (Å²) in [6, 6.07) is 12.8. The first-order chi connectivity index (χ1) is 11.0. The van der Waals surface area contributed by atoms with Crippen LogP contribution in [0.5, 0.6) is 0 Å². The number of hydrogen-bond acceptors (Lipinski definition) is 6. The average Bonchev–Trinajstić information content (AvgIpc) is 2.93. The number of aromatic nitrogens is 3. The van der Waals surface area contributed by atoms with Gasteiger partial charge in [0.25, 0.3) is 0 Å². The monoisotopic (exact) mass is 349 g/mol. The topological polar surface area (TPSA) is 114 Å². The van der Waals surface area contributed by atoms with Crippen molar-refractivity contribution in [2.24, 2.45) is 0 Å². The summed E-state index contributed by atoms with van der Waals surface area (Å²) in [4.78, 5) is 3.99. The van der Waals surface area contributed by atoms with Gasteiger partial charge in [0.15, 0.2) is 0 Å². The number of sulfone groups is 1. The maximum absolute atomic E-state index is 12.9. The Balaban J connectivity index is 2.12. The highest BCUT2D eigenvalue weighted by atomic mass is 35.5. The molecule has 0 aliphatic carbocycles. The smallest absolute Gasteiger partial charge is 0.248 e. The van der Waals surface area contributed by atoms with E-state index in [9.17, 15) is 8.42 Å². The minimum Gasteiger partial charge on any atom is -0.368 e. The first-order valence-electron chi connectivity index (χ1n) is 6.52. The molecule has 0 aliphatic rings. The zero-order valence-corrected chi connectivity index (χ0v) is 13.3. The van der Waals surface area contributed by atoms with Crippen molar-refractivity contribution in [3.63, 3.8) is 0 Å². The molecule has 23 heavy (non-hydrogen) atoms. The second kappa shape index (κ2) is 5.90. The van der Waals surface area contributed by atoms with Crippen molar-refractivity contribution in [2.45, 2.75) is 9.79 Å². The van der Waals surface area contributed by atoms with E-state index in [0.29, 0.717) is 0 Å². The Hall–Kier alpha value is -2.58. The molecule has 9 heteroatoms. The molecule has 3 aromatic rings. The standard InChI is InChI=1S/C14H12ClN5O2S/c15-10-7-4-8-11(17-14-18-13(16)19-20-14)12(10)23(21,22)9-5-2-1-3-6-9/h1-8H,(H4,16,17,18,19,20). The molecule has 0 fully saturated rings. The number of nitrogen functional groups attached to an aromatic ring is 1. The van der Waals surface area contributed by atoms with E-state index < -0.39 is 9.84 Å². The van der Waals surface area contributed by atoms with Crippen LogP contribution in [0.3, 0.4) is 0 Å². The van der Waals surface area contributed by atoms with Crippen molar-refractivity contribution in [2.75, 3.05) is 11.1 Å². The fraction of sp³-hybridized carbons (Fsp3) is 0. The molecule has 0 unspecified atom stereocenters. The van der Waals surface area contributed by atoms with Gasteiger partial charge in [-0.3, -0.25) is 0 Å². The van der Waals surface area contributed by atoms with Gasteiger partial charge in [-0.25, -0.2) is 13.5 Å². The van der Waals surface area contributed by atoms with Gasteiger partial charge >= 0.3 is 0 Å². The minimum absolute atomic E-state index is 0.0451. The highest BCUT2D eigenvalue weighted by molar-refractivity contribution is 7.91. The summed E-state index contributed by atoms with van der Waals surface area (Å²) in [7, 11) is -3.81. The minimum atomic E-state index is -3.81. The summed E-state index contributed by atoms with van der Waals surface area (Å²) < 4.78 is 25.7. The first kappa shape index (κ1) is 15.3. The van der Waals surface area contributed by atoms with Crippen molar-refractivity contribution in [1.82, 2.24) is 15.2 Å². The molecule has 0 saturated heterocycles. The van der Waals surface area contributed by atoms with Gasteiger partial charge in [0.05, 0.1) is 15.6 Å². The third-order valence-electron chi connectivity index (χ3n) is 3.04. The van der Waals surface area contributed by atoms with Crippen molar-refractivity contribution in [3.05, 3.63) is 53.6 Å². The van der Waals surface area contributed by atoms with E-state index in [2.05, 4.69) is 20.5 Å². The number of nitrogens with two attached hydrogens (primary N) is 1. The van der Waals surface area contributed by atoms with E-state index in [0.717, 1.165) is 0 Å². The van der Waals surface area contributed by atoms with Gasteiger partial charge in [-0.15, -0.1) is 5.10 Å². The van der Waals surface area contributed by atoms with Crippen molar-refractivity contribution in [1.29, 1.82) is 0 Å². The van der Waals surface area contributed by atoms with Crippen LogP contribution in [-0.4, -0.2) is 23.6 Å². The molecule has 0 aliphatic heterocycles. The Morgan fingerprint density at radius 3 is 2.48 bits per heavy atom. The molecular weight excluding hydrogens is 338 g/mol. The number of rotatable bonds is 4. The number of halogens is 1. The molecule has 1 aromatic heterocycles. The van der Waals surface area contributed by atoms with Crippen LogP contribution in [0.2, 0.25) is 5.02 Å². The summed E-state index contributed by atoms with van der Waals surface area (Å²) in [6.45, 7) is 0. The SMILES string of the molecule is Nc1nc(Nc2cccc(Cl)c2S(=O)(=O)c2ccccc2)n[nH]1. The fourth-order valence-corrected chi connectivity index (χ4v) is 4.01. The number of H-pyrrole nitrogens is 1. The van der Waals surface area contributed by atoms with Gasteiger partial charge in [0.1, 0.15) is 4.90 Å². The van der Waals surface area contributed by atoms with Gasteiger partial charge in [-0.05, 0) is 24.3 Å². The van der Waals surface area contributed by atoms with E-state index >= 15 is 0 Å². The van der Waals surface area contributed by atoms with Crippen LogP contribution < -0.4 is 11.1 Å². The molecular formula is C14H12ClN5O2S. The number of anilines is 3. The molecule has 7 nitrogen and oxygen atoms in total. The van der Waals surface area contributed by atoms with Crippen LogP contribution in [-0.2, 0) is 9.84 Å². The second-order valence-corrected chi connectivity index (χ2v) is 6.90. The molecule has 0 radical (unpaired) electrons. The summed E-state index contributed by atoms with van der Waals surface area (Å²) in [5.74, 6) is 0.260. The largest absolute Gasteiger partial charge is 0.368 e. The molecule has 118 valence electrons. The Morgan fingerprint density at radius 2 is 1.83 bits per heavy atom. The van der Waals surface area contributed by atoms with Crippen LogP contribution in [0.1, 0.15) is 0 Å². The van der Waals surface area contributed by atoms with E-state index in [1.807, 2.05) is 0 Å². The average molecular weight is 350 g/mol. The summed E-state index contributed by atoms with van der Waals surface area (Å²) in [5.41, 5.74) is 5.73. The predicted molar refractivity (Wildman–Crippen MR) is 87.4 cm³/mol. The van der Waals surface area contributed by atoms with Gasteiger partial charge in [-0.1, -0.05) is 35.9 Å². The molecule has 4 N–H and O–H groups in total. The molecule has 0 spiro atoms. The zero-order chi connectivity index (χ0) is 16.4. The van der Waals surface area contributed by atoms with Crippen LogP contribution in [0, 0.1) is 0 Å². The van der Waals surface area contributed by atoms with Crippen molar-refractivity contribution in [3.8, 4) is 0 Å². The number of benzene rings is 2. The Bertz CT molecular complexity index is 941. The quantitative estimate of drug-likeness (QED) is 0.667. The molecule has 1 heterocycles. The lowest BCUT2D eigenvalue weighted by Crippen LogP contribution is -2.07. The summed E-state index contributed by atoms with van der Waals surface area (Å²) >= 11 is 6.14. The van der Waals surface area contributed by atoms with Gasteiger partial charge in [0, 0.05) is 0 Å². The van der Waals surface area contributed by atoms with Gasteiger partial charge in [-0.2, -0.15) is 4.98 Å². The Morgan fingerprint density at radius 1 is 1.09 bits per heavy atom. The third-order valence-corrected chi connectivity index (χ3v) is 5.34. The highest BCUT2D eigenvalue weighted by Gasteiger charge is 2.25. The van der Waals surface area contributed by atoms with Gasteiger partial charge in [0.2, 0.25) is 21.7 Å². The predicted octanol–water partition coefficient (Wildman–Crippen LogP) is 2.62. The second-order valence-electron chi connectivity index (χ2n) is 4.60. The highest BCUT2D eigenvalue weighted by Crippen LogP contribution is 2.34. The van der Waals surface area contributed by atoms with Crippen LogP contribution in [0.25, 0.3) is 0 Å². The van der Waals surface area contributed by atoms with E-state index in [1.54, 1.807) is 30.3 Å². The normalized spacial score (nSPS) is 11.3. The van der Waals surface area contributed by atoms with Crippen LogP contribution in [0.15, 0.2) is 58.3 Å². The number of nitrogens with zero attached hydrogens (tertiary/aromatic N) is 2. The molecule has 2 aromatic carbocycles. The number of hydrogen-bond donors (Lipinski definition) is 3. The van der Waals surface area contributed by atoms with Gasteiger partial charge < -0.3 is 11.1 Å². The number of aromatic amines is 1. The Labute approximate surface area is 137 Å². The van der Waals surface area contributed by atoms with E-state index in [4.69, 9.17) is 17.3 Å². The summed E-state index contributed by atoms with van der Waals surface area (Å²) in [5, 5.41) is 9.20. The molecule has 0 atom stereocenters. The maximum atomic E-state index is 12.9. The van der Waals surface area contributed by atoms with E-state index in [-0.39, 0.29) is 32.4 Å². The molecule has 0 saturated carbocycles. The lowest BCUT2D eigenvalue weighted by molar-refractivity contribution is 0.596. The Kier molecular flexibility index (Phi) is 3.93. The molecule has 0 amide bonds. The van der Waals surface area contributed by atoms with E-state index in [1.165, 1.54) is 18.2 Å². The molecule has 0 bridgehead atoms. The maximum Gasteiger partial charge on any atom is 0.248 e.